The van der Waals surface area contributed by atoms with Gasteiger partial charge in [0.25, 0.3) is 5.91 Å². The van der Waals surface area contributed by atoms with Gasteiger partial charge < -0.3 is 15.4 Å². The van der Waals surface area contributed by atoms with Crippen LogP contribution < -0.4 is 10.2 Å². The van der Waals surface area contributed by atoms with Gasteiger partial charge in [0.15, 0.2) is 5.82 Å². The number of benzene rings is 3. The number of hydrogen-bond donors (Lipinski definition) is 2. The molecule has 0 aliphatic rings. The van der Waals surface area contributed by atoms with Crippen LogP contribution in [0.3, 0.4) is 0 Å². The number of aromatic nitrogens is 2. The molecule has 0 saturated heterocycles. The Kier molecular flexibility index (Phi) is 4.82. The summed E-state index contributed by atoms with van der Waals surface area (Å²) in [6.45, 7) is 0. The standard InChI is InChI=1S/C23H19N5O2/c1-27(2)19-10-6-17(7-11-19)23(29)25-18-8-4-16(5-9-18)22-26-20-13-15(14-24)3-12-21(20)28(22)30/h3-13,30H,1-2H3,(H,25,29). The molecule has 148 valence electrons. The summed E-state index contributed by atoms with van der Waals surface area (Å²) in [7, 11) is 3.89. The van der Waals surface area contributed by atoms with Crippen molar-refractivity contribution < 1.29 is 10.0 Å². The summed E-state index contributed by atoms with van der Waals surface area (Å²) < 4.78 is 0.996. The molecule has 0 atom stereocenters. The Morgan fingerprint density at radius 3 is 2.40 bits per heavy atom. The zero-order chi connectivity index (χ0) is 21.3. The molecule has 2 N–H and O–H groups in total. The first-order valence-electron chi connectivity index (χ1n) is 9.27. The van der Waals surface area contributed by atoms with Gasteiger partial charge in [0.2, 0.25) is 0 Å². The molecule has 0 unspecified atom stereocenters. The second-order valence-corrected chi connectivity index (χ2v) is 7.04. The Morgan fingerprint density at radius 2 is 1.77 bits per heavy atom. The Balaban J connectivity index is 1.54. The van der Waals surface area contributed by atoms with Gasteiger partial charge in [-0.25, -0.2) is 4.98 Å². The predicted octanol–water partition coefficient (Wildman–Crippen LogP) is 4.13. The third kappa shape index (κ3) is 3.54. The predicted molar refractivity (Wildman–Crippen MR) is 116 cm³/mol. The number of nitrogens with zero attached hydrogens (tertiary/aromatic N) is 4. The van der Waals surface area contributed by atoms with Crippen LogP contribution in [0.1, 0.15) is 15.9 Å². The number of amides is 1. The largest absolute Gasteiger partial charge is 0.426 e. The van der Waals surface area contributed by atoms with Crippen LogP contribution in [0.4, 0.5) is 11.4 Å². The quantitative estimate of drug-likeness (QED) is 0.505. The van der Waals surface area contributed by atoms with E-state index in [0.717, 1.165) is 10.4 Å². The molecule has 4 rings (SSSR count). The zero-order valence-electron chi connectivity index (χ0n) is 16.5. The monoisotopic (exact) mass is 397 g/mol. The third-order valence-corrected chi connectivity index (χ3v) is 4.81. The molecular weight excluding hydrogens is 378 g/mol. The van der Waals surface area contributed by atoms with Crippen molar-refractivity contribution in [2.45, 2.75) is 0 Å². The smallest absolute Gasteiger partial charge is 0.255 e. The summed E-state index contributed by atoms with van der Waals surface area (Å²) in [4.78, 5) is 18.9. The van der Waals surface area contributed by atoms with E-state index in [9.17, 15) is 10.0 Å². The van der Waals surface area contributed by atoms with Crippen LogP contribution in [0, 0.1) is 11.3 Å². The molecular formula is C23H19N5O2. The molecule has 3 aromatic carbocycles. The average molecular weight is 397 g/mol. The summed E-state index contributed by atoms with van der Waals surface area (Å²) in [6, 6.07) is 21.4. The topological polar surface area (TPSA) is 94.2 Å². The minimum atomic E-state index is -0.202. The van der Waals surface area contributed by atoms with Crippen molar-refractivity contribution in [2.75, 3.05) is 24.3 Å². The summed E-state index contributed by atoms with van der Waals surface area (Å²) in [5.41, 5.74) is 4.42. The van der Waals surface area contributed by atoms with Crippen LogP contribution in [0.25, 0.3) is 22.4 Å². The first kappa shape index (κ1) is 19.0. The van der Waals surface area contributed by atoms with E-state index in [2.05, 4.69) is 16.4 Å². The van der Waals surface area contributed by atoms with Crippen LogP contribution in [0.2, 0.25) is 0 Å². The Morgan fingerprint density at radius 1 is 1.07 bits per heavy atom. The van der Waals surface area contributed by atoms with Gasteiger partial charge in [0.1, 0.15) is 5.52 Å². The minimum Gasteiger partial charge on any atom is -0.426 e. The van der Waals surface area contributed by atoms with Gasteiger partial charge in [0, 0.05) is 36.6 Å². The highest BCUT2D eigenvalue weighted by Crippen LogP contribution is 2.25. The maximum atomic E-state index is 12.5. The van der Waals surface area contributed by atoms with Gasteiger partial charge in [0.05, 0.1) is 17.1 Å². The van der Waals surface area contributed by atoms with Gasteiger partial charge >= 0.3 is 0 Å². The van der Waals surface area contributed by atoms with Crippen molar-refractivity contribution in [1.29, 1.82) is 5.26 Å². The van der Waals surface area contributed by atoms with E-state index in [1.54, 1.807) is 54.6 Å². The highest BCUT2D eigenvalue weighted by atomic mass is 16.5. The number of rotatable bonds is 4. The lowest BCUT2D eigenvalue weighted by molar-refractivity contribution is 0.102. The van der Waals surface area contributed by atoms with Crippen LogP contribution >= 0.6 is 0 Å². The minimum absolute atomic E-state index is 0.202. The van der Waals surface area contributed by atoms with Crippen molar-refractivity contribution >= 4 is 28.3 Å². The number of fused-ring (bicyclic) bond motifs is 1. The van der Waals surface area contributed by atoms with Crippen LogP contribution in [-0.4, -0.2) is 34.9 Å². The van der Waals surface area contributed by atoms with Gasteiger partial charge in [-0.05, 0) is 66.7 Å². The average Bonchev–Trinajstić information content (AvgIpc) is 3.10. The lowest BCUT2D eigenvalue weighted by Gasteiger charge is -2.12. The Labute approximate surface area is 173 Å². The molecule has 4 aromatic rings. The van der Waals surface area contributed by atoms with E-state index in [4.69, 9.17) is 5.26 Å². The maximum absolute atomic E-state index is 12.5. The highest BCUT2D eigenvalue weighted by molar-refractivity contribution is 6.04. The van der Waals surface area contributed by atoms with E-state index in [1.165, 1.54) is 0 Å². The van der Waals surface area contributed by atoms with E-state index in [-0.39, 0.29) is 5.91 Å². The third-order valence-electron chi connectivity index (χ3n) is 4.81. The fourth-order valence-corrected chi connectivity index (χ4v) is 3.14. The summed E-state index contributed by atoms with van der Waals surface area (Å²) in [6.07, 6.45) is 0. The first-order chi connectivity index (χ1) is 14.5. The van der Waals surface area contributed by atoms with Gasteiger partial charge in [-0.2, -0.15) is 9.99 Å². The Bertz CT molecular complexity index is 1270. The molecule has 7 nitrogen and oxygen atoms in total. The lowest BCUT2D eigenvalue weighted by atomic mass is 10.1. The number of carbonyl (C=O) groups is 1. The lowest BCUT2D eigenvalue weighted by Crippen LogP contribution is -2.13. The molecule has 0 spiro atoms. The summed E-state index contributed by atoms with van der Waals surface area (Å²) in [5.74, 6) is 0.156. The molecule has 30 heavy (non-hydrogen) atoms. The number of nitrogens with one attached hydrogen (secondary N) is 1. The van der Waals surface area contributed by atoms with Crippen LogP contribution in [-0.2, 0) is 0 Å². The van der Waals surface area contributed by atoms with Crippen molar-refractivity contribution in [3.05, 3.63) is 77.9 Å². The molecule has 0 saturated carbocycles. The van der Waals surface area contributed by atoms with Crippen LogP contribution in [0.5, 0.6) is 0 Å². The number of hydrogen-bond acceptors (Lipinski definition) is 5. The number of carbonyl (C=O) groups excluding carboxylic acids is 1. The molecule has 0 aliphatic heterocycles. The number of nitriles is 1. The zero-order valence-corrected chi connectivity index (χ0v) is 16.5. The fraction of sp³-hybridized carbons (Fsp3) is 0.0870. The van der Waals surface area contributed by atoms with Gasteiger partial charge in [-0.3, -0.25) is 4.79 Å². The molecule has 7 heteroatoms. The van der Waals surface area contributed by atoms with Crippen LogP contribution in [0.15, 0.2) is 66.7 Å². The Hall–Kier alpha value is -4.31. The van der Waals surface area contributed by atoms with Crippen molar-refractivity contribution in [1.82, 2.24) is 9.71 Å². The van der Waals surface area contributed by atoms with E-state index >= 15 is 0 Å². The fourth-order valence-electron chi connectivity index (χ4n) is 3.14. The first-order valence-corrected chi connectivity index (χ1v) is 9.27. The summed E-state index contributed by atoms with van der Waals surface area (Å²) >= 11 is 0. The van der Waals surface area contributed by atoms with Gasteiger partial charge in [-0.1, -0.05) is 0 Å². The van der Waals surface area contributed by atoms with E-state index in [1.807, 2.05) is 31.1 Å². The molecule has 0 radical (unpaired) electrons. The van der Waals surface area contributed by atoms with Crippen molar-refractivity contribution in [3.8, 4) is 17.5 Å². The van der Waals surface area contributed by atoms with Gasteiger partial charge in [-0.15, -0.1) is 0 Å². The highest BCUT2D eigenvalue weighted by Gasteiger charge is 2.13. The molecule has 1 amide bonds. The van der Waals surface area contributed by atoms with Crippen molar-refractivity contribution in [2.24, 2.45) is 0 Å². The molecule has 0 bridgehead atoms. The number of anilines is 2. The SMILES string of the molecule is CN(C)c1ccc(C(=O)Nc2ccc(-c3nc4cc(C#N)ccc4n3O)cc2)cc1. The molecule has 0 fully saturated rings. The van der Waals surface area contributed by atoms with E-state index < -0.39 is 0 Å². The summed E-state index contributed by atoms with van der Waals surface area (Å²) in [5, 5.41) is 22.3. The second kappa shape index (κ2) is 7.60. The molecule has 1 heterocycles. The van der Waals surface area contributed by atoms with E-state index in [0.29, 0.717) is 39.2 Å². The molecule has 1 aromatic heterocycles. The van der Waals surface area contributed by atoms with Crippen molar-refractivity contribution in [3.63, 3.8) is 0 Å². The molecule has 0 aliphatic carbocycles. The normalized spacial score (nSPS) is 10.6. The maximum Gasteiger partial charge on any atom is 0.255 e. The number of imidazole rings is 1. The second-order valence-electron chi connectivity index (χ2n) is 7.04.